The molecule has 0 spiro atoms. The molecule has 4 N–H and O–H groups in total. The van der Waals surface area contributed by atoms with E-state index in [1.165, 1.54) is 23.5 Å². The molecule has 0 saturated heterocycles. The minimum Gasteiger partial charge on any atom is -0.475 e. The van der Waals surface area contributed by atoms with Crippen LogP contribution in [0.4, 0.5) is 5.69 Å². The van der Waals surface area contributed by atoms with E-state index in [0.717, 1.165) is 0 Å². The number of ether oxygens (including phenoxy) is 1. The molecule has 1 unspecified atom stereocenters. The van der Waals surface area contributed by atoms with E-state index in [9.17, 15) is 9.59 Å². The molecular formula is C19H24N8O3. The SMILES string of the molecule is CNCCOc1cnc(C(=O)Nc2ccnc(C3(C)CC(=O)N(C)C(N)=N3)c2)cn1. The molecule has 30 heavy (non-hydrogen) atoms. The van der Waals surface area contributed by atoms with E-state index in [4.69, 9.17) is 10.5 Å². The minimum absolute atomic E-state index is 0.120. The Morgan fingerprint density at radius 2 is 2.13 bits per heavy atom. The van der Waals surface area contributed by atoms with Gasteiger partial charge >= 0.3 is 0 Å². The number of rotatable bonds is 7. The predicted octanol–water partition coefficient (Wildman–Crippen LogP) is 0.114. The molecule has 3 heterocycles. The standard InChI is InChI=1S/C19H24N8O3/c1-19(9-16(28)27(3)18(20)26-19)14-8-12(4-5-22-14)25-17(29)13-10-24-15(11-23-13)30-7-6-21-2/h4-5,8,10-11,21H,6-7,9H2,1-3H3,(H2,20,26)(H,22,25,29). The van der Waals surface area contributed by atoms with Gasteiger partial charge in [0.2, 0.25) is 11.8 Å². The third-order valence-electron chi connectivity index (χ3n) is 4.61. The number of aliphatic imine (C=N–C) groups is 1. The van der Waals surface area contributed by atoms with Gasteiger partial charge in [0, 0.05) is 25.5 Å². The topological polar surface area (TPSA) is 148 Å². The average molecular weight is 412 g/mol. The van der Waals surface area contributed by atoms with Crippen molar-refractivity contribution in [2.75, 3.05) is 32.6 Å². The van der Waals surface area contributed by atoms with Gasteiger partial charge in [-0.3, -0.25) is 19.5 Å². The van der Waals surface area contributed by atoms with E-state index < -0.39 is 11.4 Å². The average Bonchev–Trinajstić information content (AvgIpc) is 2.73. The zero-order chi connectivity index (χ0) is 21.7. The molecule has 1 aliphatic heterocycles. The first-order chi connectivity index (χ1) is 14.3. The summed E-state index contributed by atoms with van der Waals surface area (Å²) in [5.41, 5.74) is 6.08. The number of amides is 2. The Balaban J connectivity index is 1.72. The maximum Gasteiger partial charge on any atom is 0.275 e. The van der Waals surface area contributed by atoms with Crippen LogP contribution < -0.4 is 21.1 Å². The van der Waals surface area contributed by atoms with E-state index in [1.54, 1.807) is 26.1 Å². The van der Waals surface area contributed by atoms with Gasteiger partial charge in [0.25, 0.3) is 5.91 Å². The van der Waals surface area contributed by atoms with Crippen LogP contribution in [-0.2, 0) is 10.3 Å². The predicted molar refractivity (Wildman–Crippen MR) is 110 cm³/mol. The van der Waals surface area contributed by atoms with Crippen LogP contribution in [0, 0.1) is 0 Å². The van der Waals surface area contributed by atoms with Crippen LogP contribution in [0.5, 0.6) is 5.88 Å². The van der Waals surface area contributed by atoms with Crippen molar-refractivity contribution in [3.63, 3.8) is 0 Å². The van der Waals surface area contributed by atoms with Crippen LogP contribution in [0.25, 0.3) is 0 Å². The molecule has 11 heteroatoms. The maximum absolute atomic E-state index is 12.5. The number of hydrogen-bond donors (Lipinski definition) is 3. The Labute approximate surface area is 173 Å². The largest absolute Gasteiger partial charge is 0.475 e. The summed E-state index contributed by atoms with van der Waals surface area (Å²) < 4.78 is 5.39. The molecule has 158 valence electrons. The Bertz CT molecular complexity index is 963. The molecule has 2 aromatic heterocycles. The van der Waals surface area contributed by atoms with Crippen LogP contribution in [0.2, 0.25) is 0 Å². The Morgan fingerprint density at radius 1 is 1.33 bits per heavy atom. The van der Waals surface area contributed by atoms with Gasteiger partial charge in [-0.05, 0) is 26.1 Å². The summed E-state index contributed by atoms with van der Waals surface area (Å²) in [5.74, 6) is -0.136. The van der Waals surface area contributed by atoms with Crippen molar-refractivity contribution in [2.45, 2.75) is 18.9 Å². The van der Waals surface area contributed by atoms with Crippen LogP contribution in [-0.4, -0.2) is 64.9 Å². The lowest BCUT2D eigenvalue weighted by molar-refractivity contribution is -0.128. The summed E-state index contributed by atoms with van der Waals surface area (Å²) >= 11 is 0. The lowest BCUT2D eigenvalue weighted by atomic mass is 9.91. The van der Waals surface area contributed by atoms with E-state index in [-0.39, 0.29) is 24.0 Å². The molecule has 11 nitrogen and oxygen atoms in total. The van der Waals surface area contributed by atoms with Crippen molar-refractivity contribution in [2.24, 2.45) is 10.7 Å². The van der Waals surface area contributed by atoms with Crippen LogP contribution >= 0.6 is 0 Å². The summed E-state index contributed by atoms with van der Waals surface area (Å²) in [5, 5.41) is 5.70. The molecule has 0 saturated carbocycles. The Kier molecular flexibility index (Phi) is 6.21. The van der Waals surface area contributed by atoms with Gasteiger partial charge in [0.05, 0.1) is 24.5 Å². The van der Waals surface area contributed by atoms with Gasteiger partial charge in [-0.2, -0.15) is 0 Å². The molecule has 0 aromatic carbocycles. The number of aromatic nitrogens is 3. The number of carbonyl (C=O) groups is 2. The third-order valence-corrected chi connectivity index (χ3v) is 4.61. The number of pyridine rings is 1. The van der Waals surface area contributed by atoms with Gasteiger partial charge in [0.15, 0.2) is 5.96 Å². The fourth-order valence-electron chi connectivity index (χ4n) is 2.82. The molecule has 1 atom stereocenters. The number of anilines is 1. The van der Waals surface area contributed by atoms with Crippen molar-refractivity contribution in [1.82, 2.24) is 25.2 Å². The second-order valence-electron chi connectivity index (χ2n) is 6.95. The van der Waals surface area contributed by atoms with E-state index >= 15 is 0 Å². The quantitative estimate of drug-likeness (QED) is 0.543. The fraction of sp³-hybridized carbons (Fsp3) is 0.368. The highest BCUT2D eigenvalue weighted by Gasteiger charge is 2.37. The third kappa shape index (κ3) is 4.69. The Morgan fingerprint density at radius 3 is 2.80 bits per heavy atom. The molecule has 0 fully saturated rings. The zero-order valence-electron chi connectivity index (χ0n) is 17.0. The van der Waals surface area contributed by atoms with Gasteiger partial charge in [-0.1, -0.05) is 0 Å². The summed E-state index contributed by atoms with van der Waals surface area (Å²) in [6.45, 7) is 2.89. The lowest BCUT2D eigenvalue weighted by Gasteiger charge is -2.32. The number of hydrogen-bond acceptors (Lipinski definition) is 9. The summed E-state index contributed by atoms with van der Waals surface area (Å²) in [4.78, 5) is 42.9. The van der Waals surface area contributed by atoms with E-state index in [2.05, 4.69) is 30.6 Å². The first kappa shape index (κ1) is 21.1. The number of carbonyl (C=O) groups excluding carboxylic acids is 2. The first-order valence-corrected chi connectivity index (χ1v) is 9.31. The molecule has 2 amide bonds. The van der Waals surface area contributed by atoms with Crippen LogP contribution in [0.3, 0.4) is 0 Å². The molecule has 1 aliphatic rings. The number of guanidine groups is 1. The van der Waals surface area contributed by atoms with Crippen molar-refractivity contribution < 1.29 is 14.3 Å². The van der Waals surface area contributed by atoms with Gasteiger partial charge in [-0.25, -0.2) is 15.0 Å². The van der Waals surface area contributed by atoms with Crippen molar-refractivity contribution in [3.05, 3.63) is 42.1 Å². The highest BCUT2D eigenvalue weighted by molar-refractivity contribution is 6.02. The molecule has 0 radical (unpaired) electrons. The lowest BCUT2D eigenvalue weighted by Crippen LogP contribution is -2.47. The number of nitrogens with two attached hydrogens (primary N) is 1. The summed E-state index contributed by atoms with van der Waals surface area (Å²) in [7, 11) is 3.39. The first-order valence-electron chi connectivity index (χ1n) is 9.31. The van der Waals surface area contributed by atoms with Crippen LogP contribution in [0.15, 0.2) is 35.7 Å². The zero-order valence-corrected chi connectivity index (χ0v) is 17.0. The van der Waals surface area contributed by atoms with Gasteiger partial charge < -0.3 is 21.1 Å². The summed E-state index contributed by atoms with van der Waals surface area (Å²) in [6, 6.07) is 3.30. The number of nitrogens with one attached hydrogen (secondary N) is 2. The summed E-state index contributed by atoms with van der Waals surface area (Å²) in [6.07, 6.45) is 4.39. The maximum atomic E-state index is 12.5. The molecular weight excluding hydrogens is 388 g/mol. The van der Waals surface area contributed by atoms with Gasteiger partial charge in [0.1, 0.15) is 17.8 Å². The van der Waals surface area contributed by atoms with E-state index in [1.807, 2.05) is 7.05 Å². The van der Waals surface area contributed by atoms with E-state index in [0.29, 0.717) is 30.4 Å². The van der Waals surface area contributed by atoms with Crippen LogP contribution in [0.1, 0.15) is 29.5 Å². The molecule has 0 bridgehead atoms. The monoisotopic (exact) mass is 412 g/mol. The van der Waals surface area contributed by atoms with Crippen molar-refractivity contribution >= 4 is 23.5 Å². The van der Waals surface area contributed by atoms with Crippen molar-refractivity contribution in [1.29, 1.82) is 0 Å². The minimum atomic E-state index is -0.916. The molecule has 2 aromatic rings. The van der Waals surface area contributed by atoms with Gasteiger partial charge in [-0.15, -0.1) is 0 Å². The second-order valence-corrected chi connectivity index (χ2v) is 6.95. The second kappa shape index (κ2) is 8.82. The highest BCUT2D eigenvalue weighted by atomic mass is 16.5. The Hall–Kier alpha value is -3.60. The smallest absolute Gasteiger partial charge is 0.275 e. The normalized spacial score (nSPS) is 18.7. The molecule has 0 aliphatic carbocycles. The number of likely N-dealkylation sites (N-methyl/N-ethyl adjacent to an activating group) is 1. The fourth-order valence-corrected chi connectivity index (χ4v) is 2.82. The number of nitrogens with zero attached hydrogens (tertiary/aromatic N) is 5. The molecule has 3 rings (SSSR count). The highest BCUT2D eigenvalue weighted by Crippen LogP contribution is 2.32. The van der Waals surface area contributed by atoms with Crippen molar-refractivity contribution in [3.8, 4) is 5.88 Å².